The highest BCUT2D eigenvalue weighted by molar-refractivity contribution is 8.13. The highest BCUT2D eigenvalue weighted by Gasteiger charge is 2.60. The van der Waals surface area contributed by atoms with Crippen molar-refractivity contribution in [3.8, 4) is 0 Å². The van der Waals surface area contributed by atoms with Crippen molar-refractivity contribution in [1.82, 2.24) is 19.5 Å². The smallest absolute Gasteiger partial charge is 0.395 e. The van der Waals surface area contributed by atoms with Crippen molar-refractivity contribution in [3.05, 3.63) is 12.7 Å². The second-order valence-corrected chi connectivity index (χ2v) is 12.0. The fourth-order valence-corrected chi connectivity index (χ4v) is 6.30. The number of anilines is 1. The number of aliphatic hydroxyl groups excluding tert-OH is 1. The quantitative estimate of drug-likeness (QED) is 0.310. The third kappa shape index (κ3) is 4.65. The van der Waals surface area contributed by atoms with E-state index in [9.17, 15) is 14.5 Å². The topological polar surface area (TPSA) is 161 Å². The first-order valence-electron chi connectivity index (χ1n) is 10.1. The SMILES string of the molecule is CC(C)(CO)C(=O)SCCOP1(=O)OC[C@H]2O[C@@H](n3cnc4c(N)ncnc43)[C@](C)(Cl)[C@@H]2O1. The Kier molecular flexibility index (Phi) is 6.80. The standard InChI is InChI=1S/C18H25ClN5O7PS/c1-17(2,7-25)16(26)33-5-4-28-32(27)29-6-10-12(31-32)18(3,19)15(30-10)24-9-23-11-13(20)21-8-22-14(11)24/h8-10,12,15,25H,4-7H2,1-3H3,(H2,20,21,22)/t10-,12-,15-,18-,32?/m1/s1. The molecule has 0 saturated carbocycles. The van der Waals surface area contributed by atoms with Gasteiger partial charge in [0.2, 0.25) is 0 Å². The summed E-state index contributed by atoms with van der Waals surface area (Å²) in [5.74, 6) is 0.439. The second kappa shape index (κ2) is 9.04. The van der Waals surface area contributed by atoms with Gasteiger partial charge in [-0.1, -0.05) is 11.8 Å². The number of halogens is 1. The fraction of sp³-hybridized carbons (Fsp3) is 0.667. The molecule has 3 N–H and O–H groups in total. The van der Waals surface area contributed by atoms with Gasteiger partial charge in [0.05, 0.1) is 31.6 Å². The van der Waals surface area contributed by atoms with Crippen LogP contribution in [-0.2, 0) is 27.7 Å². The average molecular weight is 522 g/mol. The third-order valence-corrected chi connectivity index (χ3v) is 8.51. The van der Waals surface area contributed by atoms with Gasteiger partial charge in [-0.3, -0.25) is 22.9 Å². The van der Waals surface area contributed by atoms with Crippen LogP contribution < -0.4 is 5.73 Å². The largest absolute Gasteiger partial charge is 0.475 e. The lowest BCUT2D eigenvalue weighted by atomic mass is 9.97. The minimum atomic E-state index is -3.94. The van der Waals surface area contributed by atoms with Crippen LogP contribution in [0, 0.1) is 5.41 Å². The number of nitrogen functional groups attached to an aromatic ring is 1. The van der Waals surface area contributed by atoms with Crippen LogP contribution in [0.25, 0.3) is 11.2 Å². The van der Waals surface area contributed by atoms with Crippen molar-refractivity contribution in [1.29, 1.82) is 0 Å². The zero-order chi connectivity index (χ0) is 24.0. The van der Waals surface area contributed by atoms with E-state index in [1.807, 2.05) is 0 Å². The second-order valence-electron chi connectivity index (χ2n) is 8.54. The number of aromatic nitrogens is 4. The minimum Gasteiger partial charge on any atom is -0.395 e. The van der Waals surface area contributed by atoms with Crippen molar-refractivity contribution in [2.24, 2.45) is 5.41 Å². The minimum absolute atomic E-state index is 0.0573. The molecule has 2 aromatic rings. The van der Waals surface area contributed by atoms with Gasteiger partial charge in [0, 0.05) is 5.75 Å². The normalized spacial score (nSPS) is 32.2. The molecule has 1 unspecified atom stereocenters. The van der Waals surface area contributed by atoms with E-state index in [1.54, 1.807) is 25.3 Å². The molecule has 0 spiro atoms. The van der Waals surface area contributed by atoms with E-state index in [2.05, 4.69) is 15.0 Å². The summed E-state index contributed by atoms with van der Waals surface area (Å²) in [6.07, 6.45) is 0.619. The average Bonchev–Trinajstić information content (AvgIpc) is 3.30. The summed E-state index contributed by atoms with van der Waals surface area (Å²) in [7, 11) is -3.94. The number of hydrogen-bond acceptors (Lipinski definition) is 12. The summed E-state index contributed by atoms with van der Waals surface area (Å²) in [5, 5.41) is 9.07. The molecule has 2 aliphatic heterocycles. The number of rotatable bonds is 7. The first-order valence-corrected chi connectivity index (χ1v) is 12.9. The van der Waals surface area contributed by atoms with E-state index in [0.29, 0.717) is 11.2 Å². The maximum Gasteiger partial charge on any atom is 0.475 e. The highest BCUT2D eigenvalue weighted by Crippen LogP contribution is 2.60. The molecular formula is C18H25ClN5O7PS. The van der Waals surface area contributed by atoms with Crippen molar-refractivity contribution in [2.75, 3.05) is 31.3 Å². The number of carbonyl (C=O) groups excluding carboxylic acids is 1. The molecule has 12 nitrogen and oxygen atoms in total. The van der Waals surface area contributed by atoms with Crippen LogP contribution >= 0.6 is 31.2 Å². The third-order valence-electron chi connectivity index (χ3n) is 5.47. The molecule has 0 aliphatic carbocycles. The number of imidazole rings is 1. The molecule has 15 heteroatoms. The van der Waals surface area contributed by atoms with E-state index >= 15 is 0 Å². The Balaban J connectivity index is 1.43. The van der Waals surface area contributed by atoms with Gasteiger partial charge >= 0.3 is 7.82 Å². The summed E-state index contributed by atoms with van der Waals surface area (Å²) in [4.78, 5) is 23.3. The maximum atomic E-state index is 13.0. The lowest BCUT2D eigenvalue weighted by Gasteiger charge is -2.34. The van der Waals surface area contributed by atoms with Gasteiger partial charge in [0.15, 0.2) is 22.8 Å². The lowest BCUT2D eigenvalue weighted by molar-refractivity contribution is -0.119. The maximum absolute atomic E-state index is 13.0. The molecule has 2 aliphatic rings. The summed E-state index contributed by atoms with van der Waals surface area (Å²) in [6, 6.07) is 0. The van der Waals surface area contributed by atoms with Gasteiger partial charge in [-0.25, -0.2) is 19.5 Å². The van der Waals surface area contributed by atoms with Crippen LogP contribution in [0.2, 0.25) is 0 Å². The predicted octanol–water partition coefficient (Wildman–Crippen LogP) is 2.12. The van der Waals surface area contributed by atoms with E-state index in [0.717, 1.165) is 11.8 Å². The van der Waals surface area contributed by atoms with E-state index in [1.165, 1.54) is 12.7 Å². The molecule has 0 amide bonds. The molecule has 33 heavy (non-hydrogen) atoms. The Morgan fingerprint density at radius 2 is 2.24 bits per heavy atom. The molecule has 0 aromatic carbocycles. The molecule has 4 heterocycles. The van der Waals surface area contributed by atoms with Crippen molar-refractivity contribution >= 4 is 53.3 Å². The Bertz CT molecular complexity index is 1100. The molecule has 0 radical (unpaired) electrons. The van der Waals surface area contributed by atoms with Gasteiger partial charge in [-0.05, 0) is 20.8 Å². The number of carbonyl (C=O) groups is 1. The van der Waals surface area contributed by atoms with Gasteiger partial charge < -0.3 is 15.6 Å². The molecule has 2 fully saturated rings. The summed E-state index contributed by atoms with van der Waals surface area (Å²) in [5.41, 5.74) is 5.84. The van der Waals surface area contributed by atoms with Crippen LogP contribution in [0.15, 0.2) is 12.7 Å². The monoisotopic (exact) mass is 521 g/mol. The molecule has 5 atom stereocenters. The number of aliphatic hydroxyl groups is 1. The molecule has 0 bridgehead atoms. The van der Waals surface area contributed by atoms with Crippen LogP contribution in [0.1, 0.15) is 27.0 Å². The number of ether oxygens (including phenoxy) is 1. The summed E-state index contributed by atoms with van der Waals surface area (Å²) < 4.78 is 37.2. The number of phosphoric ester groups is 1. The summed E-state index contributed by atoms with van der Waals surface area (Å²) >= 11 is 7.83. The first kappa shape index (κ1) is 24.8. The Morgan fingerprint density at radius 3 is 2.97 bits per heavy atom. The Labute approximate surface area is 199 Å². The molecule has 4 rings (SSSR count). The lowest BCUT2D eigenvalue weighted by Crippen LogP contribution is -2.44. The van der Waals surface area contributed by atoms with Crippen molar-refractivity contribution in [2.45, 2.75) is 44.1 Å². The van der Waals surface area contributed by atoms with Crippen LogP contribution in [0.4, 0.5) is 5.82 Å². The molecular weight excluding hydrogens is 497 g/mol. The predicted molar refractivity (Wildman–Crippen MR) is 121 cm³/mol. The number of hydrogen-bond donors (Lipinski definition) is 2. The van der Waals surface area contributed by atoms with Crippen molar-refractivity contribution < 1.29 is 32.8 Å². The molecule has 2 saturated heterocycles. The van der Waals surface area contributed by atoms with E-state index in [-0.39, 0.29) is 36.5 Å². The highest BCUT2D eigenvalue weighted by atomic mass is 35.5. The molecule has 182 valence electrons. The Morgan fingerprint density at radius 1 is 1.48 bits per heavy atom. The number of phosphoric acid groups is 1. The van der Waals surface area contributed by atoms with Crippen LogP contribution in [0.5, 0.6) is 0 Å². The van der Waals surface area contributed by atoms with Gasteiger partial charge in [-0.2, -0.15) is 0 Å². The van der Waals surface area contributed by atoms with Gasteiger partial charge in [0.1, 0.15) is 28.9 Å². The first-order chi connectivity index (χ1) is 15.5. The van der Waals surface area contributed by atoms with E-state index in [4.69, 9.17) is 35.6 Å². The number of alkyl halides is 1. The number of nitrogens with two attached hydrogens (primary N) is 1. The van der Waals surface area contributed by atoms with Gasteiger partial charge in [0.25, 0.3) is 0 Å². The zero-order valence-electron chi connectivity index (χ0n) is 18.2. The number of fused-ring (bicyclic) bond motifs is 2. The Hall–Kier alpha value is -1.31. The number of thioether (sulfide) groups is 1. The van der Waals surface area contributed by atoms with Crippen LogP contribution in [-0.4, -0.2) is 72.4 Å². The van der Waals surface area contributed by atoms with Crippen molar-refractivity contribution in [3.63, 3.8) is 0 Å². The fourth-order valence-electron chi connectivity index (χ4n) is 3.50. The summed E-state index contributed by atoms with van der Waals surface area (Å²) in [6.45, 7) is 4.59. The molecule has 2 aromatic heterocycles. The van der Waals surface area contributed by atoms with Crippen LogP contribution in [0.3, 0.4) is 0 Å². The van der Waals surface area contributed by atoms with E-state index < -0.39 is 36.5 Å². The number of nitrogens with zero attached hydrogens (tertiary/aromatic N) is 4. The van der Waals surface area contributed by atoms with Gasteiger partial charge in [-0.15, -0.1) is 11.6 Å². The zero-order valence-corrected chi connectivity index (χ0v) is 20.7.